The maximum absolute atomic E-state index is 12.0. The lowest BCUT2D eigenvalue weighted by molar-refractivity contribution is -0.133. The standard InChI is InChI=1S/C12H12BrClN2O2/c1-7(17)16-5-8(6-16)15-12(18)9-3-2-4-10(13)11(9)14/h2-4,8H,5-6H2,1H3,(H,15,18). The smallest absolute Gasteiger partial charge is 0.253 e. The van der Waals surface area contributed by atoms with E-state index < -0.39 is 0 Å². The van der Waals surface area contributed by atoms with E-state index in [0.717, 1.165) is 0 Å². The first-order valence-electron chi connectivity index (χ1n) is 5.49. The molecule has 0 aromatic heterocycles. The van der Waals surface area contributed by atoms with Gasteiger partial charge in [-0.05, 0) is 28.1 Å². The van der Waals surface area contributed by atoms with E-state index >= 15 is 0 Å². The summed E-state index contributed by atoms with van der Waals surface area (Å²) in [5, 5.41) is 3.25. The molecular weight excluding hydrogens is 320 g/mol. The summed E-state index contributed by atoms with van der Waals surface area (Å²) in [6.45, 7) is 2.64. The SMILES string of the molecule is CC(=O)N1CC(NC(=O)c2cccc(Br)c2Cl)C1. The Balaban J connectivity index is 1.97. The highest BCUT2D eigenvalue weighted by Gasteiger charge is 2.30. The molecule has 0 saturated carbocycles. The molecule has 1 fully saturated rings. The lowest BCUT2D eigenvalue weighted by Gasteiger charge is -2.38. The second kappa shape index (κ2) is 5.28. The largest absolute Gasteiger partial charge is 0.346 e. The first-order chi connectivity index (χ1) is 8.49. The molecular formula is C12H12BrClN2O2. The molecule has 1 aromatic rings. The van der Waals surface area contributed by atoms with Crippen LogP contribution in [0, 0.1) is 0 Å². The molecule has 1 N–H and O–H groups in total. The number of rotatable bonds is 2. The summed E-state index contributed by atoms with van der Waals surface area (Å²) in [4.78, 5) is 24.7. The van der Waals surface area contributed by atoms with E-state index in [4.69, 9.17) is 11.6 Å². The lowest BCUT2D eigenvalue weighted by Crippen LogP contribution is -2.60. The van der Waals surface area contributed by atoms with Crippen LogP contribution in [0.5, 0.6) is 0 Å². The minimum atomic E-state index is -0.213. The van der Waals surface area contributed by atoms with Gasteiger partial charge in [0.1, 0.15) is 0 Å². The molecule has 6 heteroatoms. The molecule has 0 bridgehead atoms. The maximum atomic E-state index is 12.0. The Morgan fingerprint density at radius 3 is 2.72 bits per heavy atom. The third-order valence-electron chi connectivity index (χ3n) is 2.86. The Kier molecular flexibility index (Phi) is 3.92. The van der Waals surface area contributed by atoms with Crippen LogP contribution in [0.4, 0.5) is 0 Å². The van der Waals surface area contributed by atoms with E-state index in [0.29, 0.717) is 28.1 Å². The van der Waals surface area contributed by atoms with E-state index in [9.17, 15) is 9.59 Å². The van der Waals surface area contributed by atoms with Crippen molar-refractivity contribution in [1.82, 2.24) is 10.2 Å². The number of likely N-dealkylation sites (tertiary alicyclic amines) is 1. The van der Waals surface area contributed by atoms with Crippen LogP contribution in [0.3, 0.4) is 0 Å². The summed E-state index contributed by atoms with van der Waals surface area (Å²) in [7, 11) is 0. The summed E-state index contributed by atoms with van der Waals surface area (Å²) < 4.78 is 0.691. The summed E-state index contributed by atoms with van der Waals surface area (Å²) in [5.74, 6) is -0.185. The Hall–Kier alpha value is -1.07. The van der Waals surface area contributed by atoms with Gasteiger partial charge in [0, 0.05) is 24.5 Å². The number of nitrogens with zero attached hydrogens (tertiary/aromatic N) is 1. The highest BCUT2D eigenvalue weighted by molar-refractivity contribution is 9.10. The van der Waals surface area contributed by atoms with E-state index in [2.05, 4.69) is 21.2 Å². The van der Waals surface area contributed by atoms with E-state index in [1.807, 2.05) is 0 Å². The van der Waals surface area contributed by atoms with Crippen molar-refractivity contribution in [2.75, 3.05) is 13.1 Å². The quantitative estimate of drug-likeness (QED) is 0.902. The number of carbonyl (C=O) groups is 2. The Labute approximate surface area is 118 Å². The zero-order valence-corrected chi connectivity index (χ0v) is 12.1. The average Bonchev–Trinajstić information content (AvgIpc) is 2.25. The van der Waals surface area contributed by atoms with Crippen LogP contribution in [0.15, 0.2) is 22.7 Å². The third-order valence-corrected chi connectivity index (χ3v) is 4.15. The Morgan fingerprint density at radius 2 is 2.11 bits per heavy atom. The molecule has 0 radical (unpaired) electrons. The number of hydrogen-bond acceptors (Lipinski definition) is 2. The number of halogens is 2. The summed E-state index contributed by atoms with van der Waals surface area (Å²) in [5.41, 5.74) is 0.437. The molecule has 4 nitrogen and oxygen atoms in total. The molecule has 1 saturated heterocycles. The minimum Gasteiger partial charge on any atom is -0.346 e. The van der Waals surface area contributed by atoms with Crippen LogP contribution >= 0.6 is 27.5 Å². The van der Waals surface area contributed by atoms with E-state index in [1.165, 1.54) is 6.92 Å². The van der Waals surface area contributed by atoms with Crippen molar-refractivity contribution in [2.24, 2.45) is 0 Å². The van der Waals surface area contributed by atoms with Gasteiger partial charge in [0.15, 0.2) is 0 Å². The number of amides is 2. The summed E-state index contributed by atoms with van der Waals surface area (Å²) in [6, 6.07) is 5.22. The fourth-order valence-electron chi connectivity index (χ4n) is 1.77. The van der Waals surface area contributed by atoms with Crippen molar-refractivity contribution in [1.29, 1.82) is 0 Å². The lowest BCUT2D eigenvalue weighted by atomic mass is 10.1. The van der Waals surface area contributed by atoms with Crippen molar-refractivity contribution in [3.8, 4) is 0 Å². The monoisotopic (exact) mass is 330 g/mol. The fourth-order valence-corrected chi connectivity index (χ4v) is 2.35. The van der Waals surface area contributed by atoms with Crippen molar-refractivity contribution < 1.29 is 9.59 Å². The van der Waals surface area contributed by atoms with E-state index in [1.54, 1.807) is 23.1 Å². The van der Waals surface area contributed by atoms with Gasteiger partial charge in [-0.15, -0.1) is 0 Å². The first-order valence-corrected chi connectivity index (χ1v) is 6.66. The van der Waals surface area contributed by atoms with Gasteiger partial charge in [-0.25, -0.2) is 0 Å². The van der Waals surface area contributed by atoms with Crippen LogP contribution in [-0.4, -0.2) is 35.8 Å². The molecule has 0 unspecified atom stereocenters. The predicted molar refractivity (Wildman–Crippen MR) is 72.7 cm³/mol. The van der Waals surface area contributed by atoms with Crippen molar-refractivity contribution in [2.45, 2.75) is 13.0 Å². The second-order valence-electron chi connectivity index (χ2n) is 4.20. The highest BCUT2D eigenvalue weighted by Crippen LogP contribution is 2.26. The zero-order valence-electron chi connectivity index (χ0n) is 9.74. The van der Waals surface area contributed by atoms with Gasteiger partial charge in [-0.3, -0.25) is 9.59 Å². The van der Waals surface area contributed by atoms with Gasteiger partial charge >= 0.3 is 0 Å². The molecule has 2 amide bonds. The number of benzene rings is 1. The molecule has 96 valence electrons. The first kappa shape index (κ1) is 13.4. The maximum Gasteiger partial charge on any atom is 0.253 e. The minimum absolute atomic E-state index is 0.0106. The van der Waals surface area contributed by atoms with Crippen molar-refractivity contribution >= 4 is 39.3 Å². The second-order valence-corrected chi connectivity index (χ2v) is 5.43. The van der Waals surface area contributed by atoms with E-state index in [-0.39, 0.29) is 17.9 Å². The van der Waals surface area contributed by atoms with Crippen LogP contribution in [-0.2, 0) is 4.79 Å². The van der Waals surface area contributed by atoms with Gasteiger partial charge in [0.05, 0.1) is 16.6 Å². The fraction of sp³-hybridized carbons (Fsp3) is 0.333. The topological polar surface area (TPSA) is 49.4 Å². The van der Waals surface area contributed by atoms with Gasteiger partial charge in [0.25, 0.3) is 5.91 Å². The van der Waals surface area contributed by atoms with Gasteiger partial charge < -0.3 is 10.2 Å². The van der Waals surface area contributed by atoms with Crippen molar-refractivity contribution in [3.63, 3.8) is 0 Å². The molecule has 0 aliphatic carbocycles. The van der Waals surface area contributed by atoms with Crippen LogP contribution in [0.25, 0.3) is 0 Å². The molecule has 1 aliphatic heterocycles. The number of hydrogen-bond donors (Lipinski definition) is 1. The van der Waals surface area contributed by atoms with Crippen LogP contribution < -0.4 is 5.32 Å². The zero-order chi connectivity index (χ0) is 13.3. The van der Waals surface area contributed by atoms with Crippen LogP contribution in [0.1, 0.15) is 17.3 Å². The molecule has 1 aliphatic rings. The highest BCUT2D eigenvalue weighted by atomic mass is 79.9. The molecule has 0 atom stereocenters. The number of carbonyl (C=O) groups excluding carboxylic acids is 2. The van der Waals surface area contributed by atoms with Crippen LogP contribution in [0.2, 0.25) is 5.02 Å². The molecule has 2 rings (SSSR count). The molecule has 1 heterocycles. The third kappa shape index (κ3) is 2.67. The molecule has 18 heavy (non-hydrogen) atoms. The summed E-state index contributed by atoms with van der Waals surface area (Å²) in [6.07, 6.45) is 0. The van der Waals surface area contributed by atoms with Crippen molar-refractivity contribution in [3.05, 3.63) is 33.3 Å². The molecule has 1 aromatic carbocycles. The van der Waals surface area contributed by atoms with Gasteiger partial charge in [-0.2, -0.15) is 0 Å². The Morgan fingerprint density at radius 1 is 1.44 bits per heavy atom. The number of nitrogens with one attached hydrogen (secondary N) is 1. The summed E-state index contributed by atoms with van der Waals surface area (Å²) >= 11 is 9.32. The average molecular weight is 332 g/mol. The Bertz CT molecular complexity index is 501. The predicted octanol–water partition coefficient (Wildman–Crippen LogP) is 2.06. The normalized spacial score (nSPS) is 15.2. The van der Waals surface area contributed by atoms with Gasteiger partial charge in [0.2, 0.25) is 5.91 Å². The van der Waals surface area contributed by atoms with Gasteiger partial charge in [-0.1, -0.05) is 17.7 Å². The molecule has 0 spiro atoms.